The molecule has 0 aliphatic rings. The Labute approximate surface area is 114 Å². The molecule has 2 aromatic rings. The van der Waals surface area contributed by atoms with Crippen molar-refractivity contribution in [2.75, 3.05) is 7.11 Å². The second-order valence-electron chi connectivity index (χ2n) is 4.79. The maximum Gasteiger partial charge on any atom is 0.118 e. The van der Waals surface area contributed by atoms with Gasteiger partial charge in [-0.1, -0.05) is 12.1 Å². The summed E-state index contributed by atoms with van der Waals surface area (Å²) in [5.41, 5.74) is 3.57. The summed E-state index contributed by atoms with van der Waals surface area (Å²) in [6.45, 7) is 5.02. The highest BCUT2D eigenvalue weighted by atomic mass is 16.5. The van der Waals surface area contributed by atoms with Gasteiger partial charge in [-0.05, 0) is 31.5 Å². The number of methoxy groups -OCH3 is 1. The topological polar surface area (TPSA) is 39.1 Å². The first-order chi connectivity index (χ1) is 9.10. The lowest BCUT2D eigenvalue weighted by molar-refractivity contribution is 0.414. The Hall–Kier alpha value is -1.81. The van der Waals surface area contributed by atoms with Gasteiger partial charge in [0.05, 0.1) is 12.8 Å². The minimum Gasteiger partial charge on any atom is -0.497 e. The van der Waals surface area contributed by atoms with Crippen LogP contribution < -0.4 is 10.1 Å². The van der Waals surface area contributed by atoms with Crippen LogP contribution in [-0.2, 0) is 13.6 Å². The van der Waals surface area contributed by atoms with E-state index in [1.807, 2.05) is 30.8 Å². The molecule has 0 aliphatic carbocycles. The zero-order valence-corrected chi connectivity index (χ0v) is 12.0. The molecule has 1 atom stereocenters. The van der Waals surface area contributed by atoms with E-state index >= 15 is 0 Å². The van der Waals surface area contributed by atoms with E-state index < -0.39 is 0 Å². The Balaban J connectivity index is 1.96. The lowest BCUT2D eigenvalue weighted by atomic mass is 10.1. The minimum atomic E-state index is 0.297. The molecule has 0 radical (unpaired) electrons. The number of ether oxygens (including phenoxy) is 1. The third kappa shape index (κ3) is 3.35. The Bertz CT molecular complexity index is 531. The fourth-order valence-electron chi connectivity index (χ4n) is 2.10. The number of rotatable bonds is 5. The molecule has 0 aliphatic heterocycles. The lowest BCUT2D eigenvalue weighted by Gasteiger charge is -2.14. The first-order valence-electron chi connectivity index (χ1n) is 6.46. The summed E-state index contributed by atoms with van der Waals surface area (Å²) in [6, 6.07) is 8.45. The standard InChI is InChI=1S/C15H21N3O/c1-11(13-5-7-15(19-4)8-6-13)16-9-14-10-18(3)17-12(14)2/h5-8,10-11,16H,9H2,1-4H3/t11-/m1/s1. The summed E-state index contributed by atoms with van der Waals surface area (Å²) in [4.78, 5) is 0. The summed E-state index contributed by atoms with van der Waals surface area (Å²) >= 11 is 0. The van der Waals surface area contributed by atoms with Crippen LogP contribution in [0.3, 0.4) is 0 Å². The van der Waals surface area contributed by atoms with Gasteiger partial charge in [-0.25, -0.2) is 0 Å². The van der Waals surface area contributed by atoms with Crippen molar-refractivity contribution in [1.82, 2.24) is 15.1 Å². The Morgan fingerprint density at radius 2 is 2.00 bits per heavy atom. The highest BCUT2D eigenvalue weighted by Gasteiger charge is 2.07. The first kappa shape index (κ1) is 13.6. The number of aromatic nitrogens is 2. The molecular weight excluding hydrogens is 238 g/mol. The van der Waals surface area contributed by atoms with Gasteiger partial charge in [0.25, 0.3) is 0 Å². The third-order valence-electron chi connectivity index (χ3n) is 3.33. The molecule has 4 heteroatoms. The smallest absolute Gasteiger partial charge is 0.118 e. The fourth-order valence-corrected chi connectivity index (χ4v) is 2.10. The molecule has 0 spiro atoms. The van der Waals surface area contributed by atoms with Crippen molar-refractivity contribution >= 4 is 0 Å². The van der Waals surface area contributed by atoms with E-state index in [2.05, 4.69) is 35.7 Å². The van der Waals surface area contributed by atoms with Crippen LogP contribution in [0.5, 0.6) is 5.75 Å². The molecule has 1 aromatic heterocycles. The van der Waals surface area contributed by atoms with Crippen LogP contribution in [0.1, 0.15) is 29.8 Å². The number of nitrogens with one attached hydrogen (secondary N) is 1. The number of hydrogen-bond donors (Lipinski definition) is 1. The quantitative estimate of drug-likeness (QED) is 0.897. The molecule has 0 saturated carbocycles. The maximum absolute atomic E-state index is 5.17. The predicted molar refractivity (Wildman–Crippen MR) is 76.2 cm³/mol. The molecule has 1 heterocycles. The molecule has 19 heavy (non-hydrogen) atoms. The molecule has 102 valence electrons. The minimum absolute atomic E-state index is 0.297. The van der Waals surface area contributed by atoms with Gasteiger partial charge in [-0.3, -0.25) is 4.68 Å². The van der Waals surface area contributed by atoms with Crippen LogP contribution in [-0.4, -0.2) is 16.9 Å². The monoisotopic (exact) mass is 259 g/mol. The molecule has 0 bridgehead atoms. The van der Waals surface area contributed by atoms with Crippen molar-refractivity contribution in [3.8, 4) is 5.75 Å². The van der Waals surface area contributed by atoms with E-state index in [9.17, 15) is 0 Å². The normalized spacial score (nSPS) is 12.4. The summed E-state index contributed by atoms with van der Waals surface area (Å²) in [5.74, 6) is 0.888. The third-order valence-corrected chi connectivity index (χ3v) is 3.33. The largest absolute Gasteiger partial charge is 0.497 e. The molecule has 0 fully saturated rings. The molecule has 4 nitrogen and oxygen atoms in total. The Morgan fingerprint density at radius 1 is 1.32 bits per heavy atom. The van der Waals surface area contributed by atoms with Gasteiger partial charge in [0.15, 0.2) is 0 Å². The van der Waals surface area contributed by atoms with E-state index in [1.54, 1.807) is 7.11 Å². The summed E-state index contributed by atoms with van der Waals surface area (Å²) in [5, 5.41) is 7.86. The lowest BCUT2D eigenvalue weighted by Crippen LogP contribution is -2.18. The first-order valence-corrected chi connectivity index (χ1v) is 6.46. The second-order valence-corrected chi connectivity index (χ2v) is 4.79. The number of nitrogens with zero attached hydrogens (tertiary/aromatic N) is 2. The van der Waals surface area contributed by atoms with Crippen LogP contribution in [0.15, 0.2) is 30.5 Å². The van der Waals surface area contributed by atoms with Gasteiger partial charge in [0.2, 0.25) is 0 Å². The van der Waals surface area contributed by atoms with Crippen LogP contribution in [0.4, 0.5) is 0 Å². The summed E-state index contributed by atoms with van der Waals surface area (Å²) < 4.78 is 7.02. The summed E-state index contributed by atoms with van der Waals surface area (Å²) in [7, 11) is 3.63. The van der Waals surface area contributed by atoms with Crippen LogP contribution in [0.2, 0.25) is 0 Å². The molecule has 1 aromatic carbocycles. The second kappa shape index (κ2) is 5.89. The molecule has 0 unspecified atom stereocenters. The molecular formula is C15H21N3O. The maximum atomic E-state index is 5.17. The van der Waals surface area contributed by atoms with Crippen molar-refractivity contribution < 1.29 is 4.74 Å². The van der Waals surface area contributed by atoms with Gasteiger partial charge in [0.1, 0.15) is 5.75 Å². The predicted octanol–water partition coefficient (Wildman–Crippen LogP) is 2.59. The highest BCUT2D eigenvalue weighted by Crippen LogP contribution is 2.18. The van der Waals surface area contributed by atoms with Gasteiger partial charge < -0.3 is 10.1 Å². The van der Waals surface area contributed by atoms with E-state index in [1.165, 1.54) is 11.1 Å². The fraction of sp³-hybridized carbons (Fsp3) is 0.400. The van der Waals surface area contributed by atoms with E-state index in [-0.39, 0.29) is 0 Å². The van der Waals surface area contributed by atoms with E-state index in [0.29, 0.717) is 6.04 Å². The van der Waals surface area contributed by atoms with E-state index in [0.717, 1.165) is 18.0 Å². The van der Waals surface area contributed by atoms with Gasteiger partial charge >= 0.3 is 0 Å². The summed E-state index contributed by atoms with van der Waals surface area (Å²) in [6.07, 6.45) is 2.06. The van der Waals surface area contributed by atoms with E-state index in [4.69, 9.17) is 4.74 Å². The molecule has 1 N–H and O–H groups in total. The van der Waals surface area contributed by atoms with Gasteiger partial charge in [0, 0.05) is 31.4 Å². The van der Waals surface area contributed by atoms with Crippen molar-refractivity contribution in [1.29, 1.82) is 0 Å². The highest BCUT2D eigenvalue weighted by molar-refractivity contribution is 5.29. The average molecular weight is 259 g/mol. The Kier molecular flexibility index (Phi) is 4.22. The zero-order valence-electron chi connectivity index (χ0n) is 12.0. The molecule has 0 amide bonds. The molecule has 0 saturated heterocycles. The van der Waals surface area contributed by atoms with Crippen molar-refractivity contribution in [3.05, 3.63) is 47.3 Å². The van der Waals surface area contributed by atoms with Gasteiger partial charge in [-0.15, -0.1) is 0 Å². The number of hydrogen-bond acceptors (Lipinski definition) is 3. The van der Waals surface area contributed by atoms with Crippen LogP contribution in [0, 0.1) is 6.92 Å². The van der Waals surface area contributed by atoms with Gasteiger partial charge in [-0.2, -0.15) is 5.10 Å². The Morgan fingerprint density at radius 3 is 2.53 bits per heavy atom. The number of benzene rings is 1. The SMILES string of the molecule is COc1ccc([C@@H](C)NCc2cn(C)nc2C)cc1. The van der Waals surface area contributed by atoms with Crippen LogP contribution in [0.25, 0.3) is 0 Å². The average Bonchev–Trinajstić information content (AvgIpc) is 2.74. The van der Waals surface area contributed by atoms with Crippen LogP contribution >= 0.6 is 0 Å². The molecule has 2 rings (SSSR count). The number of aryl methyl sites for hydroxylation is 2. The van der Waals surface area contributed by atoms with Crippen molar-refractivity contribution in [2.45, 2.75) is 26.4 Å². The van der Waals surface area contributed by atoms with Crippen molar-refractivity contribution in [2.24, 2.45) is 7.05 Å². The zero-order chi connectivity index (χ0) is 13.8. The van der Waals surface area contributed by atoms with Crippen molar-refractivity contribution in [3.63, 3.8) is 0 Å².